The van der Waals surface area contributed by atoms with Crippen molar-refractivity contribution in [1.82, 2.24) is 24.6 Å². The number of aromatic nitrogens is 4. The Bertz CT molecular complexity index is 1270. The highest BCUT2D eigenvalue weighted by molar-refractivity contribution is 7.99. The molecule has 2 atom stereocenters. The maximum atomic E-state index is 13.0. The standard InChI is InChI=1S/C25H29F3N6OS/c1-24-9-12-34(19-6-4-18(5-7-19)25(26,27)28)20(24)15-33(16-24)11-3-13-36-23-31-30-22(32(23)2)17-8-10-29-21(35)14-17/h4-8,10,14,20H,3,9,11-13,15-16H2,1-2H3,(H,29,35)/t20-,24+/m1/s1. The summed E-state index contributed by atoms with van der Waals surface area (Å²) >= 11 is 1.65. The Labute approximate surface area is 211 Å². The number of benzene rings is 1. The maximum absolute atomic E-state index is 13.0. The van der Waals surface area contributed by atoms with E-state index >= 15 is 0 Å². The molecule has 0 aliphatic carbocycles. The van der Waals surface area contributed by atoms with Crippen LogP contribution < -0.4 is 10.5 Å². The lowest BCUT2D eigenvalue weighted by molar-refractivity contribution is -0.137. The molecular formula is C25H29F3N6OS. The highest BCUT2D eigenvalue weighted by Gasteiger charge is 2.50. The molecule has 1 aromatic carbocycles. The molecule has 36 heavy (non-hydrogen) atoms. The molecule has 0 saturated carbocycles. The van der Waals surface area contributed by atoms with Crippen LogP contribution in [0.25, 0.3) is 11.4 Å². The number of fused-ring (bicyclic) bond motifs is 1. The van der Waals surface area contributed by atoms with Crippen LogP contribution in [0.3, 0.4) is 0 Å². The molecule has 0 radical (unpaired) electrons. The summed E-state index contributed by atoms with van der Waals surface area (Å²) < 4.78 is 40.8. The van der Waals surface area contributed by atoms with Gasteiger partial charge in [-0.3, -0.25) is 4.79 Å². The second kappa shape index (κ2) is 9.59. The van der Waals surface area contributed by atoms with Crippen LogP contribution in [0.4, 0.5) is 18.9 Å². The zero-order chi connectivity index (χ0) is 25.5. The number of nitrogens with zero attached hydrogens (tertiary/aromatic N) is 5. The first kappa shape index (κ1) is 24.9. The summed E-state index contributed by atoms with van der Waals surface area (Å²) in [4.78, 5) is 19.0. The van der Waals surface area contributed by atoms with Crippen molar-refractivity contribution >= 4 is 17.4 Å². The predicted octanol–water partition coefficient (Wildman–Crippen LogP) is 4.27. The summed E-state index contributed by atoms with van der Waals surface area (Å²) in [5.74, 6) is 1.55. The van der Waals surface area contributed by atoms with E-state index in [9.17, 15) is 18.0 Å². The average molecular weight is 519 g/mol. The molecule has 3 aromatic rings. The van der Waals surface area contributed by atoms with Gasteiger partial charge in [-0.2, -0.15) is 13.2 Å². The van der Waals surface area contributed by atoms with Gasteiger partial charge < -0.3 is 19.4 Å². The number of thioether (sulfide) groups is 1. The minimum absolute atomic E-state index is 0.141. The van der Waals surface area contributed by atoms with Gasteiger partial charge in [0.25, 0.3) is 0 Å². The summed E-state index contributed by atoms with van der Waals surface area (Å²) in [6.07, 6.45) is -0.688. The lowest BCUT2D eigenvalue weighted by Gasteiger charge is -2.30. The number of aromatic amines is 1. The van der Waals surface area contributed by atoms with E-state index < -0.39 is 11.7 Å². The summed E-state index contributed by atoms with van der Waals surface area (Å²) in [5, 5.41) is 9.34. The number of likely N-dealkylation sites (tertiary alicyclic amines) is 1. The van der Waals surface area contributed by atoms with Crippen LogP contribution in [0.15, 0.2) is 52.5 Å². The molecule has 2 aliphatic heterocycles. The van der Waals surface area contributed by atoms with Crippen LogP contribution in [0.2, 0.25) is 0 Å². The van der Waals surface area contributed by atoms with E-state index in [1.54, 1.807) is 36.2 Å². The molecule has 5 rings (SSSR count). The van der Waals surface area contributed by atoms with Gasteiger partial charge in [-0.25, -0.2) is 0 Å². The van der Waals surface area contributed by atoms with Gasteiger partial charge in [-0.1, -0.05) is 18.7 Å². The van der Waals surface area contributed by atoms with E-state index in [1.807, 2.05) is 11.6 Å². The monoisotopic (exact) mass is 518 g/mol. The van der Waals surface area contributed by atoms with Gasteiger partial charge in [0.05, 0.1) is 5.56 Å². The second-order valence-corrected chi connectivity index (χ2v) is 11.0. The number of hydrogen-bond donors (Lipinski definition) is 1. The number of rotatable bonds is 7. The van der Waals surface area contributed by atoms with Crippen molar-refractivity contribution in [2.24, 2.45) is 12.5 Å². The molecule has 4 heterocycles. The number of anilines is 1. The molecule has 0 spiro atoms. The first-order valence-corrected chi connectivity index (χ1v) is 13.0. The highest BCUT2D eigenvalue weighted by Crippen LogP contribution is 2.44. The van der Waals surface area contributed by atoms with Crippen molar-refractivity contribution < 1.29 is 13.2 Å². The molecule has 2 saturated heterocycles. The van der Waals surface area contributed by atoms with E-state index in [0.29, 0.717) is 11.9 Å². The van der Waals surface area contributed by atoms with Crippen molar-refractivity contribution in [3.63, 3.8) is 0 Å². The molecule has 0 bridgehead atoms. The molecule has 2 fully saturated rings. The number of halogens is 3. The molecule has 2 aliphatic rings. The first-order chi connectivity index (χ1) is 17.1. The third-order valence-corrected chi connectivity index (χ3v) is 8.47. The van der Waals surface area contributed by atoms with E-state index in [-0.39, 0.29) is 11.0 Å². The minimum Gasteiger partial charge on any atom is -0.367 e. The van der Waals surface area contributed by atoms with Gasteiger partial charge in [0.1, 0.15) is 0 Å². The van der Waals surface area contributed by atoms with Crippen LogP contribution in [-0.2, 0) is 13.2 Å². The van der Waals surface area contributed by atoms with Crippen LogP contribution >= 0.6 is 11.8 Å². The van der Waals surface area contributed by atoms with E-state index in [2.05, 4.69) is 31.9 Å². The predicted molar refractivity (Wildman–Crippen MR) is 134 cm³/mol. The van der Waals surface area contributed by atoms with Crippen molar-refractivity contribution in [2.45, 2.75) is 37.1 Å². The number of H-pyrrole nitrogens is 1. The Hall–Kier alpha value is -2.79. The molecule has 1 N–H and O–H groups in total. The minimum atomic E-state index is -4.31. The normalized spacial score (nSPS) is 22.4. The maximum Gasteiger partial charge on any atom is 0.416 e. The fourth-order valence-electron chi connectivity index (χ4n) is 5.45. The zero-order valence-corrected chi connectivity index (χ0v) is 21.1. The molecule has 11 heteroatoms. The topological polar surface area (TPSA) is 70.0 Å². The fraction of sp³-hybridized carbons (Fsp3) is 0.480. The van der Waals surface area contributed by atoms with E-state index in [4.69, 9.17) is 0 Å². The van der Waals surface area contributed by atoms with Crippen LogP contribution in [0.5, 0.6) is 0 Å². The lowest BCUT2D eigenvalue weighted by Crippen LogP contribution is -2.37. The largest absolute Gasteiger partial charge is 0.416 e. The first-order valence-electron chi connectivity index (χ1n) is 12.0. The smallest absolute Gasteiger partial charge is 0.367 e. The molecule has 0 unspecified atom stereocenters. The summed E-state index contributed by atoms with van der Waals surface area (Å²) in [7, 11) is 1.90. The molecule has 192 valence electrons. The van der Waals surface area contributed by atoms with Gasteiger partial charge in [0.2, 0.25) is 5.56 Å². The Morgan fingerprint density at radius 2 is 1.97 bits per heavy atom. The number of alkyl halides is 3. The number of nitrogens with one attached hydrogen (secondary N) is 1. The average Bonchev–Trinajstić information content (AvgIpc) is 3.46. The van der Waals surface area contributed by atoms with Gasteiger partial charge in [-0.05, 0) is 49.7 Å². The SMILES string of the molecule is Cn1c(SCCCN2C[C@H]3N(c4ccc(C(F)(F)F)cc4)CC[C@@]3(C)C2)nnc1-c1cc[nH]c(=O)c1. The zero-order valence-electron chi connectivity index (χ0n) is 20.3. The quantitative estimate of drug-likeness (QED) is 0.372. The molecule has 0 amide bonds. The summed E-state index contributed by atoms with van der Waals surface area (Å²) in [6, 6.07) is 9.20. The van der Waals surface area contributed by atoms with Crippen molar-refractivity contribution in [2.75, 3.05) is 36.8 Å². The summed E-state index contributed by atoms with van der Waals surface area (Å²) in [5.41, 5.74) is 0.960. The number of hydrogen-bond acceptors (Lipinski definition) is 6. The van der Waals surface area contributed by atoms with Gasteiger partial charge >= 0.3 is 6.18 Å². The molecule has 7 nitrogen and oxygen atoms in total. The fourth-order valence-corrected chi connectivity index (χ4v) is 6.28. The lowest BCUT2D eigenvalue weighted by atomic mass is 9.85. The van der Waals surface area contributed by atoms with Crippen molar-refractivity contribution in [1.29, 1.82) is 0 Å². The van der Waals surface area contributed by atoms with Crippen LogP contribution in [0, 0.1) is 5.41 Å². The molecular weight excluding hydrogens is 489 g/mol. The van der Waals surface area contributed by atoms with E-state index in [0.717, 1.165) is 61.2 Å². The molecule has 2 aromatic heterocycles. The van der Waals surface area contributed by atoms with Gasteiger partial charge in [0.15, 0.2) is 11.0 Å². The van der Waals surface area contributed by atoms with Gasteiger partial charge in [0, 0.05) is 67.4 Å². The number of pyridine rings is 1. The van der Waals surface area contributed by atoms with Crippen LogP contribution in [0.1, 0.15) is 25.3 Å². The van der Waals surface area contributed by atoms with Crippen molar-refractivity contribution in [3.05, 3.63) is 58.5 Å². The Morgan fingerprint density at radius 3 is 2.69 bits per heavy atom. The second-order valence-electron chi connectivity index (χ2n) is 9.90. The highest BCUT2D eigenvalue weighted by atomic mass is 32.2. The third kappa shape index (κ3) is 4.90. The Balaban J connectivity index is 1.15. The Kier molecular flexibility index (Phi) is 6.63. The Morgan fingerprint density at radius 1 is 1.19 bits per heavy atom. The van der Waals surface area contributed by atoms with Crippen molar-refractivity contribution in [3.8, 4) is 11.4 Å². The van der Waals surface area contributed by atoms with Gasteiger partial charge in [-0.15, -0.1) is 10.2 Å². The summed E-state index contributed by atoms with van der Waals surface area (Å²) in [6.45, 7) is 6.04. The van der Waals surface area contributed by atoms with E-state index in [1.165, 1.54) is 18.2 Å². The third-order valence-electron chi connectivity index (χ3n) is 7.36. The van der Waals surface area contributed by atoms with Crippen LogP contribution in [-0.4, -0.2) is 62.6 Å².